The van der Waals surface area contributed by atoms with Crippen molar-refractivity contribution in [3.05, 3.63) is 481 Å². The molecule has 0 fully saturated rings. The molecular weight excluding hydrogens is 1350 g/mol. The van der Waals surface area contributed by atoms with E-state index in [4.69, 9.17) is 0 Å². The smallest absolute Gasteiger partial charge is 0.0714 e. The normalized spacial score (nSPS) is 13.8. The van der Waals surface area contributed by atoms with Crippen LogP contribution >= 0.6 is 0 Å². The standard InChI is InChI=1S/C110H72N2/c1-4-39-83(40-5-1)109(84-41-6-2-7-42-84)99-56-22-20-53-96(99)107-101(109)58-28-60-103(107)112(88-47-26-38-80(69-88)90-55-27-35-74-31-12-15-48-89(74)90)106-72-82-34-14-17-50-92(82)98-70-79(64-65-95(98)106)76-36-24-45-86(67-76)110(85-43-8-3-9-44-85)100-57-23-21-54-97(100)108-102(110)59-29-61-104(108)111(105-71-81-33-13-16-49-91(81)93-51-18-19-52-94(93)105)87-46-25-37-77(68-87)78-63-62-73-30-10-11-32-75(73)66-78/h1-72H. The molecule has 20 aromatic rings. The lowest BCUT2D eigenvalue weighted by Crippen LogP contribution is -2.28. The zero-order valence-corrected chi connectivity index (χ0v) is 61.5. The summed E-state index contributed by atoms with van der Waals surface area (Å²) in [5.74, 6) is 0. The van der Waals surface area contributed by atoms with Gasteiger partial charge in [0.15, 0.2) is 0 Å². The zero-order chi connectivity index (χ0) is 73.9. The molecule has 0 saturated heterocycles. The largest absolute Gasteiger partial charge is 0.309 e. The maximum atomic E-state index is 2.59. The van der Waals surface area contributed by atoms with Gasteiger partial charge < -0.3 is 9.80 Å². The molecule has 112 heavy (non-hydrogen) atoms. The zero-order valence-electron chi connectivity index (χ0n) is 61.5. The van der Waals surface area contributed by atoms with E-state index in [1.54, 1.807) is 0 Å². The van der Waals surface area contributed by atoms with Gasteiger partial charge in [0.05, 0.1) is 33.6 Å². The van der Waals surface area contributed by atoms with Crippen molar-refractivity contribution in [2.45, 2.75) is 10.8 Å². The lowest BCUT2D eigenvalue weighted by Gasteiger charge is -2.35. The van der Waals surface area contributed by atoms with Crippen molar-refractivity contribution in [1.82, 2.24) is 0 Å². The first-order valence-electron chi connectivity index (χ1n) is 38.9. The average molecular weight is 1420 g/mol. The van der Waals surface area contributed by atoms with Gasteiger partial charge in [-0.15, -0.1) is 0 Å². The van der Waals surface area contributed by atoms with Crippen molar-refractivity contribution in [2.75, 3.05) is 9.80 Å². The van der Waals surface area contributed by atoms with Crippen LogP contribution in [0.2, 0.25) is 0 Å². The van der Waals surface area contributed by atoms with E-state index in [1.165, 1.54) is 132 Å². The highest BCUT2D eigenvalue weighted by molar-refractivity contribution is 6.18. The molecule has 2 aliphatic rings. The van der Waals surface area contributed by atoms with Crippen LogP contribution in [-0.4, -0.2) is 0 Å². The van der Waals surface area contributed by atoms with Crippen molar-refractivity contribution in [3.63, 3.8) is 0 Å². The Balaban J connectivity index is 0.753. The predicted octanol–water partition coefficient (Wildman–Crippen LogP) is 29.3. The third-order valence-electron chi connectivity index (χ3n) is 24.3. The molecular formula is C110H72N2. The number of hydrogen-bond acceptors (Lipinski definition) is 2. The van der Waals surface area contributed by atoms with E-state index in [-0.39, 0.29) is 0 Å². The molecule has 2 aliphatic carbocycles. The molecule has 0 heterocycles. The number of nitrogens with zero attached hydrogens (tertiary/aromatic N) is 2. The molecule has 1 unspecified atom stereocenters. The Bertz CT molecular complexity index is 7110. The summed E-state index contributed by atoms with van der Waals surface area (Å²) >= 11 is 0. The number of benzene rings is 20. The SMILES string of the molecule is c1ccc(C2(c3cccc(-c4ccc5c(N(c6cccc(-c7cccc8ccccc78)c6)c6cccc7c6-c6ccccc6C7(c6ccccc6)c6ccccc6)cc6ccccc6c5c4)c3)c3ccccc3-c3c(N(c4cccc(-c5ccc6ccccc6c5)c4)c4cc5ccccc5c5ccccc45)cccc32)cc1. The van der Waals surface area contributed by atoms with Crippen LogP contribution in [0.4, 0.5) is 34.1 Å². The Morgan fingerprint density at radius 2 is 0.536 bits per heavy atom. The van der Waals surface area contributed by atoms with Crippen LogP contribution in [0.1, 0.15) is 44.5 Å². The van der Waals surface area contributed by atoms with Crippen LogP contribution in [0, 0.1) is 0 Å². The van der Waals surface area contributed by atoms with Crippen molar-refractivity contribution in [3.8, 4) is 55.6 Å². The highest BCUT2D eigenvalue weighted by atomic mass is 15.2. The second-order valence-electron chi connectivity index (χ2n) is 30.1. The van der Waals surface area contributed by atoms with Gasteiger partial charge in [0.25, 0.3) is 0 Å². The van der Waals surface area contributed by atoms with Crippen LogP contribution < -0.4 is 9.80 Å². The van der Waals surface area contributed by atoms with Gasteiger partial charge in [-0.3, -0.25) is 0 Å². The fourth-order valence-corrected chi connectivity index (χ4v) is 19.5. The van der Waals surface area contributed by atoms with Gasteiger partial charge in [0, 0.05) is 33.3 Å². The van der Waals surface area contributed by atoms with Gasteiger partial charge in [0.1, 0.15) is 0 Å². The summed E-state index contributed by atoms with van der Waals surface area (Å²) in [5.41, 5.74) is 26.8. The van der Waals surface area contributed by atoms with Crippen molar-refractivity contribution < 1.29 is 0 Å². The van der Waals surface area contributed by atoms with Crippen LogP contribution in [-0.2, 0) is 10.8 Å². The van der Waals surface area contributed by atoms with Gasteiger partial charge in [-0.25, -0.2) is 0 Å². The van der Waals surface area contributed by atoms with E-state index in [9.17, 15) is 0 Å². The summed E-state index contributed by atoms with van der Waals surface area (Å²) in [6.45, 7) is 0. The Kier molecular flexibility index (Phi) is 15.1. The minimum absolute atomic E-state index is 0.612. The summed E-state index contributed by atoms with van der Waals surface area (Å²) in [6.07, 6.45) is 0. The monoisotopic (exact) mass is 1420 g/mol. The summed E-state index contributed by atoms with van der Waals surface area (Å²) in [5, 5.41) is 14.4. The van der Waals surface area contributed by atoms with Crippen LogP contribution in [0.15, 0.2) is 437 Å². The number of rotatable bonds is 13. The van der Waals surface area contributed by atoms with Gasteiger partial charge in [0.2, 0.25) is 0 Å². The number of hydrogen-bond donors (Lipinski definition) is 0. The topological polar surface area (TPSA) is 6.48 Å². The highest BCUT2D eigenvalue weighted by Gasteiger charge is 2.49. The molecule has 22 rings (SSSR count). The molecule has 0 spiro atoms. The molecule has 0 radical (unpaired) electrons. The van der Waals surface area contributed by atoms with E-state index in [1.807, 2.05) is 0 Å². The number of anilines is 6. The fraction of sp³-hybridized carbons (Fsp3) is 0.0182. The molecule has 20 aromatic carbocycles. The van der Waals surface area contributed by atoms with Crippen molar-refractivity contribution >= 4 is 98.8 Å². The molecule has 0 aliphatic heterocycles. The molecule has 1 atom stereocenters. The van der Waals surface area contributed by atoms with Gasteiger partial charge in [-0.2, -0.15) is 0 Å². The van der Waals surface area contributed by atoms with E-state index < -0.39 is 10.8 Å². The van der Waals surface area contributed by atoms with Gasteiger partial charge >= 0.3 is 0 Å². The van der Waals surface area contributed by atoms with E-state index in [0.29, 0.717) is 0 Å². The fourth-order valence-electron chi connectivity index (χ4n) is 19.5. The van der Waals surface area contributed by atoms with Crippen molar-refractivity contribution in [2.24, 2.45) is 0 Å². The minimum Gasteiger partial charge on any atom is -0.309 e. The molecule has 0 amide bonds. The average Bonchev–Trinajstić information content (AvgIpc) is 1.54. The Morgan fingerprint density at radius 3 is 1.14 bits per heavy atom. The Hall–Kier alpha value is -14.4. The molecule has 2 nitrogen and oxygen atoms in total. The third-order valence-corrected chi connectivity index (χ3v) is 24.3. The lowest BCUT2D eigenvalue weighted by atomic mass is 9.67. The van der Waals surface area contributed by atoms with Gasteiger partial charge in [-0.1, -0.05) is 370 Å². The second kappa shape index (κ2) is 26.2. The third kappa shape index (κ3) is 9.98. The second-order valence-corrected chi connectivity index (χ2v) is 30.1. The molecule has 0 aromatic heterocycles. The van der Waals surface area contributed by atoms with E-state index in [2.05, 4.69) is 447 Å². The quantitative estimate of drug-likeness (QED) is 0.106. The number of fused-ring (bicyclic) bond motifs is 14. The molecule has 0 N–H and O–H groups in total. The summed E-state index contributed by atoms with van der Waals surface area (Å²) < 4.78 is 0. The first kappa shape index (κ1) is 64.7. The van der Waals surface area contributed by atoms with E-state index in [0.717, 1.165) is 67.2 Å². The first-order valence-corrected chi connectivity index (χ1v) is 38.9. The van der Waals surface area contributed by atoms with Gasteiger partial charge in [-0.05, 0) is 210 Å². The van der Waals surface area contributed by atoms with Crippen LogP contribution in [0.5, 0.6) is 0 Å². The molecule has 522 valence electrons. The van der Waals surface area contributed by atoms with Crippen LogP contribution in [0.25, 0.3) is 120 Å². The predicted molar refractivity (Wildman–Crippen MR) is 472 cm³/mol. The summed E-state index contributed by atoms with van der Waals surface area (Å²) in [6, 6.07) is 164. The highest BCUT2D eigenvalue weighted by Crippen LogP contribution is 2.63. The maximum Gasteiger partial charge on any atom is 0.0714 e. The Labute approximate surface area is 652 Å². The Morgan fingerprint density at radius 1 is 0.161 bits per heavy atom. The molecule has 0 saturated carbocycles. The summed E-state index contributed by atoms with van der Waals surface area (Å²) in [7, 11) is 0. The maximum absolute atomic E-state index is 2.59. The van der Waals surface area contributed by atoms with E-state index >= 15 is 0 Å². The molecule has 0 bridgehead atoms. The summed E-state index contributed by atoms with van der Waals surface area (Å²) in [4.78, 5) is 5.15. The first-order chi connectivity index (χ1) is 55.6. The lowest BCUT2D eigenvalue weighted by molar-refractivity contribution is 0.768. The van der Waals surface area contributed by atoms with Crippen molar-refractivity contribution in [1.29, 1.82) is 0 Å². The molecule has 2 heteroatoms. The van der Waals surface area contributed by atoms with Crippen LogP contribution in [0.3, 0.4) is 0 Å². The minimum atomic E-state index is -0.756.